The molecule has 0 aliphatic carbocycles. The van der Waals surface area contributed by atoms with E-state index in [2.05, 4.69) is 21.2 Å². The van der Waals surface area contributed by atoms with Crippen molar-refractivity contribution in [3.05, 3.63) is 49.6 Å². The second kappa shape index (κ2) is 6.57. The van der Waals surface area contributed by atoms with Crippen molar-refractivity contribution in [2.75, 3.05) is 7.11 Å². The summed E-state index contributed by atoms with van der Waals surface area (Å²) in [7, 11) is 1.67. The van der Waals surface area contributed by atoms with Gasteiger partial charge in [-0.25, -0.2) is 0 Å². The lowest BCUT2D eigenvalue weighted by Gasteiger charge is -2.08. The zero-order chi connectivity index (χ0) is 13.0. The van der Waals surface area contributed by atoms with Crippen molar-refractivity contribution >= 4 is 38.9 Å². The first-order chi connectivity index (χ1) is 8.69. The smallest absolute Gasteiger partial charge is 0.119 e. The molecule has 0 spiro atoms. The van der Waals surface area contributed by atoms with Gasteiger partial charge in [-0.2, -0.15) is 0 Å². The number of rotatable bonds is 5. The Hall–Kier alpha value is -0.550. The Morgan fingerprint density at radius 3 is 2.78 bits per heavy atom. The molecule has 0 saturated heterocycles. The molecule has 1 N–H and O–H groups in total. The van der Waals surface area contributed by atoms with Crippen LogP contribution in [0.25, 0.3) is 0 Å². The number of halogens is 2. The Morgan fingerprint density at radius 2 is 2.11 bits per heavy atom. The zero-order valence-electron chi connectivity index (χ0n) is 9.87. The van der Waals surface area contributed by atoms with Crippen molar-refractivity contribution in [2.24, 2.45) is 0 Å². The number of hydrogen-bond donors (Lipinski definition) is 1. The van der Waals surface area contributed by atoms with Gasteiger partial charge in [0.05, 0.1) is 11.4 Å². The van der Waals surface area contributed by atoms with Gasteiger partial charge in [-0.1, -0.05) is 27.5 Å². The van der Waals surface area contributed by atoms with Crippen LogP contribution >= 0.6 is 38.9 Å². The Kier molecular flexibility index (Phi) is 5.06. The van der Waals surface area contributed by atoms with Crippen molar-refractivity contribution in [2.45, 2.75) is 13.1 Å². The molecule has 96 valence electrons. The number of hydrogen-bond acceptors (Lipinski definition) is 3. The lowest BCUT2D eigenvalue weighted by Crippen LogP contribution is -2.12. The van der Waals surface area contributed by atoms with Crippen molar-refractivity contribution in [1.29, 1.82) is 0 Å². The number of methoxy groups -OCH3 is 1. The van der Waals surface area contributed by atoms with Crippen LogP contribution in [0.4, 0.5) is 0 Å². The molecule has 0 radical (unpaired) electrons. The van der Waals surface area contributed by atoms with E-state index in [0.29, 0.717) is 0 Å². The van der Waals surface area contributed by atoms with E-state index < -0.39 is 0 Å². The third kappa shape index (κ3) is 3.72. The van der Waals surface area contributed by atoms with E-state index in [9.17, 15) is 0 Å². The summed E-state index contributed by atoms with van der Waals surface area (Å²) in [5.41, 5.74) is 1.18. The third-order valence-corrected chi connectivity index (χ3v) is 4.50. The van der Waals surface area contributed by atoms with Gasteiger partial charge in [0.1, 0.15) is 5.75 Å². The molecule has 0 fully saturated rings. The highest BCUT2D eigenvalue weighted by Gasteiger charge is 2.03. The molecule has 2 aromatic rings. The van der Waals surface area contributed by atoms with Gasteiger partial charge in [0.2, 0.25) is 0 Å². The molecule has 1 aromatic heterocycles. The minimum Gasteiger partial charge on any atom is -0.497 e. The maximum Gasteiger partial charge on any atom is 0.119 e. The quantitative estimate of drug-likeness (QED) is 0.863. The molecule has 0 bridgehead atoms. The van der Waals surface area contributed by atoms with E-state index in [1.54, 1.807) is 18.4 Å². The van der Waals surface area contributed by atoms with Gasteiger partial charge in [-0.3, -0.25) is 0 Å². The maximum atomic E-state index is 5.89. The highest BCUT2D eigenvalue weighted by Crippen LogP contribution is 2.23. The summed E-state index contributed by atoms with van der Waals surface area (Å²) in [6, 6.07) is 9.92. The summed E-state index contributed by atoms with van der Waals surface area (Å²) in [6.45, 7) is 1.61. The molecule has 5 heteroatoms. The van der Waals surface area contributed by atoms with Crippen LogP contribution in [0.1, 0.15) is 10.4 Å². The van der Waals surface area contributed by atoms with E-state index in [1.165, 1.54) is 10.4 Å². The Labute approximate surface area is 124 Å². The van der Waals surface area contributed by atoms with Gasteiger partial charge in [0.25, 0.3) is 0 Å². The van der Waals surface area contributed by atoms with Crippen LogP contribution in [0.2, 0.25) is 4.34 Å². The van der Waals surface area contributed by atoms with Crippen molar-refractivity contribution in [3.63, 3.8) is 0 Å². The molecule has 2 rings (SSSR count). The number of ether oxygens (including phenoxy) is 1. The predicted octanol–water partition coefficient (Wildman–Crippen LogP) is 4.46. The topological polar surface area (TPSA) is 21.3 Å². The first-order valence-corrected chi connectivity index (χ1v) is 7.45. The van der Waals surface area contributed by atoms with Crippen molar-refractivity contribution in [1.82, 2.24) is 5.32 Å². The van der Waals surface area contributed by atoms with Crippen LogP contribution in [0.15, 0.2) is 34.8 Å². The normalized spacial score (nSPS) is 10.6. The lowest BCUT2D eigenvalue weighted by molar-refractivity contribution is 0.414. The summed E-state index contributed by atoms with van der Waals surface area (Å²) < 4.78 is 7.13. The lowest BCUT2D eigenvalue weighted by atomic mass is 10.2. The maximum absolute atomic E-state index is 5.89. The molecule has 0 aliphatic heterocycles. The summed E-state index contributed by atoms with van der Waals surface area (Å²) in [4.78, 5) is 1.24. The fourth-order valence-electron chi connectivity index (χ4n) is 1.58. The second-order valence-corrected chi connectivity index (χ2v) is 6.42. The van der Waals surface area contributed by atoms with E-state index in [4.69, 9.17) is 16.3 Å². The summed E-state index contributed by atoms with van der Waals surface area (Å²) in [5.74, 6) is 0.870. The van der Waals surface area contributed by atoms with Crippen molar-refractivity contribution < 1.29 is 4.74 Å². The molecular formula is C13H13BrClNOS. The zero-order valence-corrected chi connectivity index (χ0v) is 13.0. The van der Waals surface area contributed by atoms with E-state index in [1.807, 2.05) is 30.3 Å². The van der Waals surface area contributed by atoms with Crippen molar-refractivity contribution in [3.8, 4) is 5.75 Å². The fraction of sp³-hybridized carbons (Fsp3) is 0.231. The van der Waals surface area contributed by atoms with E-state index in [-0.39, 0.29) is 0 Å². The average Bonchev–Trinajstić information content (AvgIpc) is 2.77. The van der Waals surface area contributed by atoms with Crippen LogP contribution < -0.4 is 10.1 Å². The van der Waals surface area contributed by atoms with Crippen LogP contribution in [0.5, 0.6) is 5.75 Å². The number of nitrogens with one attached hydrogen (secondary N) is 1. The van der Waals surface area contributed by atoms with Gasteiger partial charge in [-0.05, 0) is 35.9 Å². The molecule has 2 nitrogen and oxygen atoms in total. The first-order valence-electron chi connectivity index (χ1n) is 5.46. The van der Waals surface area contributed by atoms with Gasteiger partial charge >= 0.3 is 0 Å². The molecular weight excluding hydrogens is 334 g/mol. The Balaban J connectivity index is 1.93. The largest absolute Gasteiger partial charge is 0.497 e. The second-order valence-electron chi connectivity index (χ2n) is 3.77. The molecule has 0 unspecified atom stereocenters. The van der Waals surface area contributed by atoms with Gasteiger partial charge in [-0.15, -0.1) is 11.3 Å². The van der Waals surface area contributed by atoms with Gasteiger partial charge in [0.15, 0.2) is 0 Å². The molecule has 18 heavy (non-hydrogen) atoms. The molecule has 0 aliphatic rings. The van der Waals surface area contributed by atoms with Crippen LogP contribution in [0, 0.1) is 0 Å². The Bertz CT molecular complexity index is 529. The standard InChI is InChI=1S/C13H13BrClNOS/c1-17-10-2-4-12(14)9(6-10)7-16-8-11-3-5-13(15)18-11/h2-6,16H,7-8H2,1H3. The number of thiophene rings is 1. The molecule has 0 atom stereocenters. The minimum atomic E-state index is 0.785. The molecule has 1 heterocycles. The van der Waals surface area contributed by atoms with Gasteiger partial charge < -0.3 is 10.1 Å². The van der Waals surface area contributed by atoms with Gasteiger partial charge in [0, 0.05) is 22.4 Å². The summed E-state index contributed by atoms with van der Waals surface area (Å²) in [6.07, 6.45) is 0. The third-order valence-electron chi connectivity index (χ3n) is 2.50. The molecule has 0 amide bonds. The first kappa shape index (κ1) is 13.9. The summed E-state index contributed by atoms with van der Waals surface area (Å²) in [5, 5.41) is 3.39. The summed E-state index contributed by atoms with van der Waals surface area (Å²) >= 11 is 11.0. The SMILES string of the molecule is COc1ccc(Br)c(CNCc2ccc(Cl)s2)c1. The van der Waals surface area contributed by atoms with E-state index >= 15 is 0 Å². The van der Waals surface area contributed by atoms with Crippen LogP contribution in [-0.4, -0.2) is 7.11 Å². The average molecular weight is 347 g/mol. The highest BCUT2D eigenvalue weighted by atomic mass is 79.9. The molecule has 0 saturated carbocycles. The Morgan fingerprint density at radius 1 is 1.28 bits per heavy atom. The minimum absolute atomic E-state index is 0.785. The monoisotopic (exact) mass is 345 g/mol. The van der Waals surface area contributed by atoms with E-state index in [0.717, 1.165) is 27.6 Å². The van der Waals surface area contributed by atoms with Crippen LogP contribution in [-0.2, 0) is 13.1 Å². The highest BCUT2D eigenvalue weighted by molar-refractivity contribution is 9.10. The number of benzene rings is 1. The fourth-order valence-corrected chi connectivity index (χ4v) is 3.02. The predicted molar refractivity (Wildman–Crippen MR) is 80.6 cm³/mol. The van der Waals surface area contributed by atoms with Crippen LogP contribution in [0.3, 0.4) is 0 Å². The molecule has 1 aromatic carbocycles.